The van der Waals surface area contributed by atoms with Gasteiger partial charge in [-0.15, -0.1) is 0 Å². The molecule has 0 heterocycles. The van der Waals surface area contributed by atoms with Crippen molar-refractivity contribution >= 4 is 11.9 Å². The van der Waals surface area contributed by atoms with E-state index in [0.717, 1.165) is 0 Å². The van der Waals surface area contributed by atoms with Crippen LogP contribution in [-0.2, 0) is 9.59 Å². The summed E-state index contributed by atoms with van der Waals surface area (Å²) in [5.41, 5.74) is -2.02. The molecule has 0 radical (unpaired) electrons. The lowest BCUT2D eigenvalue weighted by Gasteiger charge is -2.34. The summed E-state index contributed by atoms with van der Waals surface area (Å²) in [5.74, 6) is -2.91. The first-order chi connectivity index (χ1) is 6.89. The second-order valence-electron chi connectivity index (χ2n) is 5.82. The van der Waals surface area contributed by atoms with Crippen LogP contribution < -0.4 is 10.2 Å². The van der Waals surface area contributed by atoms with Crippen molar-refractivity contribution in [1.29, 1.82) is 0 Å². The predicted molar refractivity (Wildman–Crippen MR) is 56.0 cm³/mol. The van der Waals surface area contributed by atoms with Crippen LogP contribution in [0.4, 0.5) is 0 Å². The van der Waals surface area contributed by atoms with E-state index in [1.54, 1.807) is 41.5 Å². The zero-order chi connectivity index (χ0) is 13.3. The molecule has 0 saturated carbocycles. The molecule has 0 bridgehead atoms. The first-order valence-electron chi connectivity index (χ1n) is 5.07. The fourth-order valence-electron chi connectivity index (χ4n) is 1.57. The van der Waals surface area contributed by atoms with E-state index in [1.165, 1.54) is 0 Å². The van der Waals surface area contributed by atoms with Crippen molar-refractivity contribution in [3.05, 3.63) is 11.1 Å². The van der Waals surface area contributed by atoms with Crippen LogP contribution in [0.5, 0.6) is 0 Å². The Labute approximate surface area is 96.0 Å². The number of rotatable bonds is 2. The summed E-state index contributed by atoms with van der Waals surface area (Å²) in [6.07, 6.45) is 0. The lowest BCUT2D eigenvalue weighted by molar-refractivity contribution is -0.306. The highest BCUT2D eigenvalue weighted by atomic mass is 16.4. The Hall–Kier alpha value is -1.32. The van der Waals surface area contributed by atoms with Gasteiger partial charge < -0.3 is 19.8 Å². The lowest BCUT2D eigenvalue weighted by atomic mass is 9.75. The molecule has 0 aliphatic heterocycles. The molecule has 16 heavy (non-hydrogen) atoms. The summed E-state index contributed by atoms with van der Waals surface area (Å²) in [6, 6.07) is 0. The minimum absolute atomic E-state index is 0.208. The minimum atomic E-state index is -1.46. The molecule has 0 spiro atoms. The van der Waals surface area contributed by atoms with Gasteiger partial charge in [-0.2, -0.15) is 0 Å². The maximum Gasteiger partial charge on any atom is 0.0683 e. The van der Waals surface area contributed by atoms with Crippen LogP contribution in [0, 0.1) is 10.8 Å². The third-order valence-electron chi connectivity index (χ3n) is 2.16. The Morgan fingerprint density at radius 1 is 0.688 bits per heavy atom. The topological polar surface area (TPSA) is 80.3 Å². The highest BCUT2D eigenvalue weighted by Gasteiger charge is 2.29. The van der Waals surface area contributed by atoms with Crippen LogP contribution in [0.3, 0.4) is 0 Å². The molecule has 0 saturated heterocycles. The van der Waals surface area contributed by atoms with E-state index in [-0.39, 0.29) is 11.1 Å². The Balaban J connectivity index is 6.09. The van der Waals surface area contributed by atoms with Gasteiger partial charge in [-0.05, 0) is 22.0 Å². The molecule has 0 atom stereocenters. The van der Waals surface area contributed by atoms with E-state index >= 15 is 0 Å². The number of carboxylic acids is 2. The van der Waals surface area contributed by atoms with Crippen LogP contribution in [0.2, 0.25) is 0 Å². The maximum atomic E-state index is 11.1. The van der Waals surface area contributed by atoms with Crippen molar-refractivity contribution in [2.24, 2.45) is 10.8 Å². The molecule has 0 N–H and O–H groups in total. The average Bonchev–Trinajstić information content (AvgIpc) is 1.92. The zero-order valence-corrected chi connectivity index (χ0v) is 10.6. The summed E-state index contributed by atoms with van der Waals surface area (Å²) < 4.78 is 0. The van der Waals surface area contributed by atoms with Gasteiger partial charge in [0.15, 0.2) is 0 Å². The molecule has 4 heteroatoms. The van der Waals surface area contributed by atoms with Crippen molar-refractivity contribution in [1.82, 2.24) is 0 Å². The third kappa shape index (κ3) is 3.36. The highest BCUT2D eigenvalue weighted by molar-refractivity contribution is 5.98. The third-order valence-corrected chi connectivity index (χ3v) is 2.16. The van der Waals surface area contributed by atoms with E-state index in [1.807, 2.05) is 0 Å². The van der Waals surface area contributed by atoms with Crippen molar-refractivity contribution in [3.8, 4) is 0 Å². The number of hydrogen-bond donors (Lipinski definition) is 0. The fraction of sp³-hybridized carbons (Fsp3) is 0.667. The van der Waals surface area contributed by atoms with Gasteiger partial charge >= 0.3 is 0 Å². The van der Waals surface area contributed by atoms with E-state index in [2.05, 4.69) is 0 Å². The second-order valence-corrected chi connectivity index (χ2v) is 5.82. The van der Waals surface area contributed by atoms with Crippen molar-refractivity contribution in [2.45, 2.75) is 41.5 Å². The van der Waals surface area contributed by atoms with Gasteiger partial charge in [0.1, 0.15) is 0 Å². The number of aliphatic carboxylic acids is 2. The number of hydrogen-bond acceptors (Lipinski definition) is 4. The van der Waals surface area contributed by atoms with Gasteiger partial charge in [-0.25, -0.2) is 0 Å². The Morgan fingerprint density at radius 2 is 0.875 bits per heavy atom. The molecule has 0 aliphatic carbocycles. The van der Waals surface area contributed by atoms with Gasteiger partial charge in [0, 0.05) is 0 Å². The van der Waals surface area contributed by atoms with Crippen LogP contribution in [0.15, 0.2) is 11.1 Å². The molecule has 0 aliphatic rings. The smallest absolute Gasteiger partial charge is 0.0683 e. The molecule has 0 aromatic rings. The summed E-state index contributed by atoms with van der Waals surface area (Å²) in [4.78, 5) is 22.2. The van der Waals surface area contributed by atoms with Gasteiger partial charge in [0.05, 0.1) is 11.9 Å². The van der Waals surface area contributed by atoms with Crippen molar-refractivity contribution in [2.75, 3.05) is 0 Å². The number of carbonyl (C=O) groups excluding carboxylic acids is 2. The molecule has 0 unspecified atom stereocenters. The standard InChI is InChI=1S/C12H20O4/c1-11(2,3)7(9(13)14)8(10(15)16)12(4,5)6/h1-6H3,(H,13,14)(H,15,16)/p-2/b8-7+. The van der Waals surface area contributed by atoms with Crippen LogP contribution in [0.25, 0.3) is 0 Å². The van der Waals surface area contributed by atoms with Gasteiger partial charge in [-0.3, -0.25) is 0 Å². The lowest BCUT2D eigenvalue weighted by Crippen LogP contribution is -2.40. The Morgan fingerprint density at radius 3 is 0.938 bits per heavy atom. The second kappa shape index (κ2) is 4.28. The average molecular weight is 226 g/mol. The molecule has 0 amide bonds. The van der Waals surface area contributed by atoms with E-state index in [9.17, 15) is 19.8 Å². The van der Waals surface area contributed by atoms with Gasteiger partial charge in [0.25, 0.3) is 0 Å². The Bertz CT molecular complexity index is 303. The monoisotopic (exact) mass is 226 g/mol. The van der Waals surface area contributed by atoms with E-state index < -0.39 is 22.8 Å². The number of carboxylic acid groups (broad SMARTS) is 2. The van der Waals surface area contributed by atoms with Crippen molar-refractivity contribution < 1.29 is 19.8 Å². The summed E-state index contributed by atoms with van der Waals surface area (Å²) in [6.45, 7) is 9.79. The van der Waals surface area contributed by atoms with Crippen LogP contribution in [-0.4, -0.2) is 11.9 Å². The predicted octanol–water partition coefficient (Wildman–Crippen LogP) is -0.125. The summed E-state index contributed by atoms with van der Waals surface area (Å²) >= 11 is 0. The molecule has 0 rings (SSSR count). The molecule has 92 valence electrons. The fourth-order valence-corrected chi connectivity index (χ4v) is 1.57. The normalized spacial score (nSPS) is 14.4. The van der Waals surface area contributed by atoms with Crippen molar-refractivity contribution in [3.63, 3.8) is 0 Å². The van der Waals surface area contributed by atoms with Gasteiger partial charge in [-0.1, -0.05) is 41.5 Å². The number of carbonyl (C=O) groups is 2. The highest BCUT2D eigenvalue weighted by Crippen LogP contribution is 2.35. The largest absolute Gasteiger partial charge is 0.545 e. The van der Waals surface area contributed by atoms with E-state index in [0.29, 0.717) is 0 Å². The molecule has 0 aromatic carbocycles. The molecule has 0 aromatic heterocycles. The minimum Gasteiger partial charge on any atom is -0.545 e. The van der Waals surface area contributed by atoms with E-state index in [4.69, 9.17) is 0 Å². The van der Waals surface area contributed by atoms with Crippen LogP contribution in [0.1, 0.15) is 41.5 Å². The summed E-state index contributed by atoms with van der Waals surface area (Å²) in [5, 5.41) is 22.2. The Kier molecular flexibility index (Phi) is 3.92. The molecule has 4 nitrogen and oxygen atoms in total. The van der Waals surface area contributed by atoms with Gasteiger partial charge in [0.2, 0.25) is 0 Å². The quantitative estimate of drug-likeness (QED) is 0.614. The molecular formula is C12H18O4-2. The first-order valence-corrected chi connectivity index (χ1v) is 5.07. The summed E-state index contributed by atoms with van der Waals surface area (Å²) in [7, 11) is 0. The maximum absolute atomic E-state index is 11.1. The van der Waals surface area contributed by atoms with Crippen LogP contribution >= 0.6 is 0 Å². The molecular weight excluding hydrogens is 208 g/mol. The SMILES string of the molecule is CC(C)(C)/C(C(=O)[O-])=C(\C(=O)[O-])C(C)(C)C. The first kappa shape index (κ1) is 14.7. The zero-order valence-electron chi connectivity index (χ0n) is 10.6. The molecule has 0 fully saturated rings.